The number of halogens is 1. The predicted octanol–water partition coefficient (Wildman–Crippen LogP) is 4.63. The molecule has 0 aromatic rings. The van der Waals surface area contributed by atoms with Crippen molar-refractivity contribution in [3.05, 3.63) is 10.7 Å². The zero-order valence-electron chi connectivity index (χ0n) is 16.1. The minimum Gasteiger partial charge on any atom is -0.481 e. The Morgan fingerprint density at radius 1 is 1.23 bits per heavy atom. The van der Waals surface area contributed by atoms with Crippen LogP contribution in [0.2, 0.25) is 0 Å². The molecule has 4 rings (SSSR count). The van der Waals surface area contributed by atoms with Gasteiger partial charge in [-0.15, -0.1) is 0 Å². The third-order valence-corrected chi connectivity index (χ3v) is 8.99. The molecule has 0 unspecified atom stereocenters. The summed E-state index contributed by atoms with van der Waals surface area (Å²) in [6.07, 6.45) is 7.04. The van der Waals surface area contributed by atoms with E-state index < -0.39 is 5.97 Å². The van der Waals surface area contributed by atoms with Gasteiger partial charge in [0.2, 0.25) is 5.91 Å². The number of allylic oxidation sites excluding steroid dienone is 2. The summed E-state index contributed by atoms with van der Waals surface area (Å²) < 4.78 is 0. The van der Waals surface area contributed by atoms with Crippen LogP contribution in [0.3, 0.4) is 0 Å². The first-order chi connectivity index (χ1) is 12.2. The Balaban J connectivity index is 1.69. The van der Waals surface area contributed by atoms with Gasteiger partial charge in [0.05, 0.1) is 0 Å². The number of carbonyl (C=O) groups is 2. The van der Waals surface area contributed by atoms with Gasteiger partial charge in [0, 0.05) is 36.0 Å². The van der Waals surface area contributed by atoms with Crippen molar-refractivity contribution in [1.82, 2.24) is 4.90 Å². The monoisotopic (exact) mass is 379 g/mol. The Morgan fingerprint density at radius 3 is 2.65 bits per heavy atom. The maximum absolute atomic E-state index is 12.3. The van der Waals surface area contributed by atoms with Crippen LogP contribution < -0.4 is 0 Å². The Morgan fingerprint density at radius 2 is 1.96 bits per heavy atom. The fourth-order valence-electron chi connectivity index (χ4n) is 7.34. The molecule has 4 aliphatic rings. The second-order valence-electron chi connectivity index (χ2n) is 9.62. The summed E-state index contributed by atoms with van der Waals surface area (Å²) in [5.74, 6) is 1.44. The third-order valence-electron chi connectivity index (χ3n) is 8.65. The molecule has 0 aromatic carbocycles. The highest BCUT2D eigenvalue weighted by Crippen LogP contribution is 2.67. The first kappa shape index (κ1) is 18.3. The molecule has 4 nitrogen and oxygen atoms in total. The minimum absolute atomic E-state index is 0.0190. The van der Waals surface area contributed by atoms with Crippen LogP contribution in [0.25, 0.3) is 0 Å². The number of carboxylic acid groups (broad SMARTS) is 1. The molecule has 6 atom stereocenters. The van der Waals surface area contributed by atoms with Gasteiger partial charge in [-0.1, -0.05) is 25.4 Å². The van der Waals surface area contributed by atoms with E-state index in [1.807, 2.05) is 11.9 Å². The van der Waals surface area contributed by atoms with Gasteiger partial charge < -0.3 is 10.0 Å². The largest absolute Gasteiger partial charge is 0.481 e. The van der Waals surface area contributed by atoms with Crippen molar-refractivity contribution < 1.29 is 14.7 Å². The highest BCUT2D eigenvalue weighted by molar-refractivity contribution is 6.30. The molecule has 5 heteroatoms. The van der Waals surface area contributed by atoms with Crippen molar-refractivity contribution in [2.24, 2.45) is 34.5 Å². The fourth-order valence-corrected chi connectivity index (χ4v) is 7.86. The number of carbonyl (C=O) groups excluding carboxylic acids is 1. The molecule has 1 saturated heterocycles. The van der Waals surface area contributed by atoms with Gasteiger partial charge in [-0.25, -0.2) is 0 Å². The summed E-state index contributed by atoms with van der Waals surface area (Å²) in [7, 11) is 1.88. The molecule has 0 bridgehead atoms. The third kappa shape index (κ3) is 2.40. The van der Waals surface area contributed by atoms with Crippen molar-refractivity contribution >= 4 is 23.5 Å². The van der Waals surface area contributed by atoms with E-state index in [9.17, 15) is 14.7 Å². The van der Waals surface area contributed by atoms with Gasteiger partial charge in [-0.2, -0.15) is 0 Å². The van der Waals surface area contributed by atoms with E-state index in [4.69, 9.17) is 11.6 Å². The molecule has 26 heavy (non-hydrogen) atoms. The standard InChI is InChI=1S/C21H30ClNO3/c1-20-8-6-15-13(14(20)5-4-12(20)10-18(25)26)11-16(22)19-21(15,2)9-7-17(24)23(19)3/h12-15H,4-11H2,1-3H3,(H,25,26)/t12-,13+,14+,15+,20-,21-/m1/s1. The maximum atomic E-state index is 12.3. The number of piperidine rings is 1. The predicted molar refractivity (Wildman–Crippen MR) is 100 cm³/mol. The Bertz CT molecular complexity index is 689. The molecule has 0 aromatic heterocycles. The summed E-state index contributed by atoms with van der Waals surface area (Å²) in [5.41, 5.74) is 1.18. The molecule has 3 aliphatic carbocycles. The number of carboxylic acids is 1. The lowest BCUT2D eigenvalue weighted by molar-refractivity contribution is -0.140. The average Bonchev–Trinajstić information content (AvgIpc) is 2.88. The van der Waals surface area contributed by atoms with Crippen LogP contribution in [0.15, 0.2) is 10.7 Å². The van der Waals surface area contributed by atoms with Crippen molar-refractivity contribution in [3.8, 4) is 0 Å². The van der Waals surface area contributed by atoms with Gasteiger partial charge in [0.1, 0.15) is 0 Å². The lowest BCUT2D eigenvalue weighted by Gasteiger charge is -2.59. The smallest absolute Gasteiger partial charge is 0.303 e. The minimum atomic E-state index is -0.665. The highest BCUT2D eigenvalue weighted by Gasteiger charge is 2.60. The zero-order valence-corrected chi connectivity index (χ0v) is 16.8. The van der Waals surface area contributed by atoms with Crippen LogP contribution in [0.5, 0.6) is 0 Å². The molecule has 1 heterocycles. The first-order valence-electron chi connectivity index (χ1n) is 10.1. The molecule has 1 amide bonds. The summed E-state index contributed by atoms with van der Waals surface area (Å²) >= 11 is 6.81. The maximum Gasteiger partial charge on any atom is 0.303 e. The van der Waals surface area contributed by atoms with Crippen LogP contribution in [-0.2, 0) is 9.59 Å². The quantitative estimate of drug-likeness (QED) is 0.760. The van der Waals surface area contributed by atoms with Crippen molar-refractivity contribution in [1.29, 1.82) is 0 Å². The Hall–Kier alpha value is -1.03. The fraction of sp³-hybridized carbons (Fsp3) is 0.810. The first-order valence-corrected chi connectivity index (χ1v) is 10.4. The average molecular weight is 380 g/mol. The van der Waals surface area contributed by atoms with Gasteiger partial charge in [-0.05, 0) is 67.6 Å². The van der Waals surface area contributed by atoms with E-state index in [1.54, 1.807) is 0 Å². The summed E-state index contributed by atoms with van der Waals surface area (Å²) in [5, 5.41) is 10.2. The molecular weight excluding hydrogens is 350 g/mol. The van der Waals surface area contributed by atoms with Crippen molar-refractivity contribution in [2.75, 3.05) is 7.05 Å². The number of fused-ring (bicyclic) bond motifs is 5. The molecule has 2 saturated carbocycles. The van der Waals surface area contributed by atoms with Gasteiger partial charge >= 0.3 is 5.97 Å². The zero-order chi connectivity index (χ0) is 18.9. The van der Waals surface area contributed by atoms with Crippen LogP contribution in [0, 0.1) is 34.5 Å². The van der Waals surface area contributed by atoms with Crippen LogP contribution in [0.4, 0.5) is 0 Å². The van der Waals surface area contributed by atoms with E-state index in [-0.39, 0.29) is 16.7 Å². The second kappa shape index (κ2) is 5.98. The van der Waals surface area contributed by atoms with E-state index in [0.717, 1.165) is 49.3 Å². The number of hydrogen-bond acceptors (Lipinski definition) is 2. The molecule has 0 spiro atoms. The van der Waals surface area contributed by atoms with E-state index in [2.05, 4.69) is 13.8 Å². The van der Waals surface area contributed by atoms with Crippen LogP contribution in [-0.4, -0.2) is 28.9 Å². The number of aliphatic carboxylic acids is 1. The number of amides is 1. The van der Waals surface area contributed by atoms with E-state index in [0.29, 0.717) is 36.5 Å². The summed E-state index contributed by atoms with van der Waals surface area (Å²) in [4.78, 5) is 25.4. The van der Waals surface area contributed by atoms with E-state index in [1.165, 1.54) is 0 Å². The number of likely N-dealkylation sites (tertiary alicyclic amines) is 1. The molecule has 144 valence electrons. The molecule has 3 fully saturated rings. The van der Waals surface area contributed by atoms with Gasteiger partial charge in [0.25, 0.3) is 0 Å². The van der Waals surface area contributed by atoms with Crippen molar-refractivity contribution in [2.45, 2.75) is 65.2 Å². The highest BCUT2D eigenvalue weighted by atomic mass is 35.5. The van der Waals surface area contributed by atoms with E-state index >= 15 is 0 Å². The number of hydrogen-bond donors (Lipinski definition) is 1. The molecule has 0 radical (unpaired) electrons. The lowest BCUT2D eigenvalue weighted by atomic mass is 9.49. The number of nitrogens with zero attached hydrogens (tertiary/aromatic N) is 1. The molecule has 1 aliphatic heterocycles. The van der Waals surface area contributed by atoms with Crippen molar-refractivity contribution in [3.63, 3.8) is 0 Å². The van der Waals surface area contributed by atoms with Gasteiger partial charge in [0.15, 0.2) is 0 Å². The second-order valence-corrected chi connectivity index (χ2v) is 10.1. The Labute approximate surface area is 161 Å². The number of rotatable bonds is 2. The SMILES string of the molecule is CN1C(=O)CC[C@@]2(C)C1=C(Cl)C[C@H]1[C@@H]3CC[C@H](CC(=O)O)[C@@]3(C)CC[C@@H]12. The molecular formula is C21H30ClNO3. The van der Waals surface area contributed by atoms with Gasteiger partial charge in [-0.3, -0.25) is 9.59 Å². The lowest BCUT2D eigenvalue weighted by Crippen LogP contribution is -2.54. The Kier molecular flexibility index (Phi) is 4.22. The van der Waals surface area contributed by atoms with Crippen LogP contribution >= 0.6 is 11.6 Å². The normalized spacial score (nSPS) is 45.2. The molecule has 1 N–H and O–H groups in total. The summed E-state index contributed by atoms with van der Waals surface area (Å²) in [6.45, 7) is 4.65. The summed E-state index contributed by atoms with van der Waals surface area (Å²) in [6, 6.07) is 0. The van der Waals surface area contributed by atoms with Crippen LogP contribution in [0.1, 0.15) is 65.2 Å². The topological polar surface area (TPSA) is 57.6 Å².